The molecule has 1 N–H and O–H groups in total. The van der Waals surface area contributed by atoms with E-state index in [1.54, 1.807) is 37.3 Å². The van der Waals surface area contributed by atoms with E-state index in [0.29, 0.717) is 11.5 Å². The maximum atomic E-state index is 12.7. The molecule has 0 aliphatic carbocycles. The molecule has 1 saturated heterocycles. The topological polar surface area (TPSA) is 67.9 Å². The predicted molar refractivity (Wildman–Crippen MR) is 91.8 cm³/mol. The minimum atomic E-state index is -0.271. The molecule has 0 unspecified atom stereocenters. The lowest BCUT2D eigenvalue weighted by Crippen LogP contribution is -2.40. The maximum Gasteiger partial charge on any atom is 0.270 e. The first-order valence-electron chi connectivity index (χ1n) is 8.05. The molecule has 130 valence electrons. The van der Waals surface area contributed by atoms with E-state index in [0.717, 1.165) is 37.9 Å². The van der Waals surface area contributed by atoms with Crippen LogP contribution in [0.3, 0.4) is 0 Å². The lowest BCUT2D eigenvalue weighted by Gasteiger charge is -2.27. The number of ether oxygens (including phenoxy) is 2. The summed E-state index contributed by atoms with van der Waals surface area (Å²) in [6.45, 7) is 2.84. The number of hydrogen-bond acceptors (Lipinski definition) is 4. The Kier molecular flexibility index (Phi) is 6.23. The van der Waals surface area contributed by atoms with Gasteiger partial charge in [-0.05, 0) is 43.0 Å². The molecule has 1 aliphatic heterocycles. The van der Waals surface area contributed by atoms with Crippen molar-refractivity contribution in [2.45, 2.75) is 26.2 Å². The van der Waals surface area contributed by atoms with Gasteiger partial charge in [-0.15, -0.1) is 0 Å². The number of nitrogens with zero attached hydrogens (tertiary/aromatic N) is 1. The van der Waals surface area contributed by atoms with Gasteiger partial charge in [0.2, 0.25) is 5.91 Å². The Labute approximate surface area is 142 Å². The van der Waals surface area contributed by atoms with Crippen molar-refractivity contribution in [2.24, 2.45) is 0 Å². The van der Waals surface area contributed by atoms with Gasteiger partial charge in [-0.1, -0.05) is 6.07 Å². The summed E-state index contributed by atoms with van der Waals surface area (Å²) in [5.74, 6) is 0.753. The molecule has 6 heteroatoms. The van der Waals surface area contributed by atoms with Crippen molar-refractivity contribution < 1.29 is 19.1 Å². The summed E-state index contributed by atoms with van der Waals surface area (Å²) in [5, 5.41) is 2.65. The number of likely N-dealkylation sites (tertiary alicyclic amines) is 1. The van der Waals surface area contributed by atoms with Gasteiger partial charge in [0, 0.05) is 20.0 Å². The molecular formula is C18H24N2O4. The standard InChI is InChI=1S/C18H24N2O4/c1-13(21)19-15(18(22)20-9-5-4-6-10-20)11-14-7-8-16(23-2)17(12-14)24-3/h7-8,11-12H,4-6,9-10H2,1-3H3,(H,19,21)/b15-11-. The van der Waals surface area contributed by atoms with Gasteiger partial charge in [0.15, 0.2) is 11.5 Å². The van der Waals surface area contributed by atoms with E-state index in [1.807, 2.05) is 6.07 Å². The third-order valence-electron chi connectivity index (χ3n) is 3.90. The smallest absolute Gasteiger partial charge is 0.270 e. The molecule has 0 saturated carbocycles. The Bertz CT molecular complexity index is 634. The zero-order valence-electron chi connectivity index (χ0n) is 14.4. The number of rotatable bonds is 5. The number of amides is 2. The van der Waals surface area contributed by atoms with Gasteiger partial charge in [0.05, 0.1) is 14.2 Å². The number of nitrogens with one attached hydrogen (secondary N) is 1. The molecule has 0 aromatic heterocycles. The summed E-state index contributed by atoms with van der Waals surface area (Å²) in [7, 11) is 3.12. The average molecular weight is 332 g/mol. The molecule has 1 heterocycles. The van der Waals surface area contributed by atoms with E-state index >= 15 is 0 Å². The van der Waals surface area contributed by atoms with Gasteiger partial charge in [0.1, 0.15) is 5.70 Å². The fourth-order valence-electron chi connectivity index (χ4n) is 2.72. The molecule has 6 nitrogen and oxygen atoms in total. The van der Waals surface area contributed by atoms with Gasteiger partial charge in [-0.2, -0.15) is 0 Å². The third kappa shape index (κ3) is 4.50. The first-order valence-corrected chi connectivity index (χ1v) is 8.05. The van der Waals surface area contributed by atoms with Crippen molar-refractivity contribution >= 4 is 17.9 Å². The minimum absolute atomic E-state index is 0.153. The zero-order chi connectivity index (χ0) is 17.5. The quantitative estimate of drug-likeness (QED) is 0.839. The van der Waals surface area contributed by atoms with E-state index in [9.17, 15) is 9.59 Å². The largest absolute Gasteiger partial charge is 0.493 e. The molecule has 0 spiro atoms. The van der Waals surface area contributed by atoms with Gasteiger partial charge in [-0.3, -0.25) is 9.59 Å². The minimum Gasteiger partial charge on any atom is -0.493 e. The monoisotopic (exact) mass is 332 g/mol. The Morgan fingerprint density at radius 1 is 1.08 bits per heavy atom. The highest BCUT2D eigenvalue weighted by atomic mass is 16.5. The fraction of sp³-hybridized carbons (Fsp3) is 0.444. The molecule has 1 aromatic rings. The van der Waals surface area contributed by atoms with Crippen LogP contribution in [0.15, 0.2) is 23.9 Å². The maximum absolute atomic E-state index is 12.7. The van der Waals surface area contributed by atoms with Gasteiger partial charge < -0.3 is 19.7 Å². The van der Waals surface area contributed by atoms with E-state index in [2.05, 4.69) is 5.32 Å². The van der Waals surface area contributed by atoms with Crippen LogP contribution in [-0.2, 0) is 9.59 Å². The van der Waals surface area contributed by atoms with Crippen LogP contribution in [-0.4, -0.2) is 44.0 Å². The number of piperidine rings is 1. The number of hydrogen-bond donors (Lipinski definition) is 1. The summed E-state index contributed by atoms with van der Waals surface area (Å²) in [6.07, 6.45) is 4.80. The third-order valence-corrected chi connectivity index (χ3v) is 3.90. The summed E-state index contributed by atoms with van der Waals surface area (Å²) in [6, 6.07) is 5.35. The highest BCUT2D eigenvalue weighted by Crippen LogP contribution is 2.28. The Morgan fingerprint density at radius 3 is 2.33 bits per heavy atom. The summed E-state index contributed by atoms with van der Waals surface area (Å²) >= 11 is 0. The zero-order valence-corrected chi connectivity index (χ0v) is 14.4. The van der Waals surface area contributed by atoms with E-state index in [4.69, 9.17) is 9.47 Å². The number of benzene rings is 1. The average Bonchev–Trinajstić information content (AvgIpc) is 2.60. The van der Waals surface area contributed by atoms with Crippen LogP contribution >= 0.6 is 0 Å². The molecule has 1 aromatic carbocycles. The Morgan fingerprint density at radius 2 is 1.75 bits per heavy atom. The number of carbonyl (C=O) groups excluding carboxylic acids is 2. The van der Waals surface area contributed by atoms with Crippen molar-refractivity contribution in [1.82, 2.24) is 10.2 Å². The van der Waals surface area contributed by atoms with Crippen molar-refractivity contribution in [3.05, 3.63) is 29.5 Å². The molecule has 0 radical (unpaired) electrons. The Hall–Kier alpha value is -2.50. The van der Waals surface area contributed by atoms with E-state index in [1.165, 1.54) is 6.92 Å². The van der Waals surface area contributed by atoms with E-state index < -0.39 is 0 Å². The molecule has 2 rings (SSSR count). The SMILES string of the molecule is COc1ccc(/C=C(\NC(C)=O)C(=O)N2CCCCC2)cc1OC. The summed E-state index contributed by atoms with van der Waals surface area (Å²) < 4.78 is 10.5. The second-order valence-electron chi connectivity index (χ2n) is 5.71. The van der Waals surface area contributed by atoms with Gasteiger partial charge in [0.25, 0.3) is 5.91 Å². The second kappa shape index (κ2) is 8.38. The fourth-order valence-corrected chi connectivity index (χ4v) is 2.72. The lowest BCUT2D eigenvalue weighted by atomic mass is 10.1. The highest BCUT2D eigenvalue weighted by molar-refractivity contribution is 6.01. The van der Waals surface area contributed by atoms with Crippen molar-refractivity contribution in [3.63, 3.8) is 0 Å². The second-order valence-corrected chi connectivity index (χ2v) is 5.71. The predicted octanol–water partition coefficient (Wildman–Crippen LogP) is 2.19. The molecule has 0 bridgehead atoms. The Balaban J connectivity index is 2.30. The van der Waals surface area contributed by atoms with Crippen LogP contribution in [0.25, 0.3) is 6.08 Å². The summed E-state index contributed by atoms with van der Waals surface area (Å²) in [4.78, 5) is 26.0. The number of carbonyl (C=O) groups is 2. The first kappa shape index (κ1) is 17.8. The highest BCUT2D eigenvalue weighted by Gasteiger charge is 2.21. The van der Waals surface area contributed by atoms with Crippen LogP contribution in [0, 0.1) is 0 Å². The van der Waals surface area contributed by atoms with Crippen LogP contribution in [0.2, 0.25) is 0 Å². The lowest BCUT2D eigenvalue weighted by molar-refractivity contribution is -0.130. The number of methoxy groups -OCH3 is 2. The van der Waals surface area contributed by atoms with Crippen molar-refractivity contribution in [2.75, 3.05) is 27.3 Å². The summed E-state index contributed by atoms with van der Waals surface area (Å²) in [5.41, 5.74) is 1.03. The van der Waals surface area contributed by atoms with Gasteiger partial charge in [-0.25, -0.2) is 0 Å². The van der Waals surface area contributed by atoms with Crippen LogP contribution in [0.4, 0.5) is 0 Å². The molecule has 24 heavy (non-hydrogen) atoms. The van der Waals surface area contributed by atoms with Crippen LogP contribution in [0.5, 0.6) is 11.5 Å². The van der Waals surface area contributed by atoms with Crippen LogP contribution < -0.4 is 14.8 Å². The molecule has 1 aliphatic rings. The van der Waals surface area contributed by atoms with Crippen molar-refractivity contribution in [3.8, 4) is 11.5 Å². The van der Waals surface area contributed by atoms with E-state index in [-0.39, 0.29) is 17.5 Å². The van der Waals surface area contributed by atoms with Gasteiger partial charge >= 0.3 is 0 Å². The molecular weight excluding hydrogens is 308 g/mol. The first-order chi connectivity index (χ1) is 11.5. The molecule has 0 atom stereocenters. The normalized spacial score (nSPS) is 15.0. The van der Waals surface area contributed by atoms with Crippen LogP contribution in [0.1, 0.15) is 31.7 Å². The van der Waals surface area contributed by atoms with Crippen molar-refractivity contribution in [1.29, 1.82) is 0 Å². The molecule has 2 amide bonds. The molecule has 1 fully saturated rings.